The molecule has 0 aliphatic carbocycles. The van der Waals surface area contributed by atoms with E-state index in [1.807, 2.05) is 45.0 Å². The zero-order valence-electron chi connectivity index (χ0n) is 47.7. The number of allylic oxidation sites excluding steroid dienone is 12. The van der Waals surface area contributed by atoms with Crippen LogP contribution >= 0.6 is 0 Å². The third kappa shape index (κ3) is 19.1. The Hall–Kier alpha value is -3.06. The van der Waals surface area contributed by atoms with Crippen molar-refractivity contribution in [2.45, 2.75) is 244 Å². The molecular formula is C59H100N2O13. The minimum Gasteiger partial charge on any atom is -0.459 e. The summed E-state index contributed by atoms with van der Waals surface area (Å²) in [6.07, 6.45) is 22.0. The van der Waals surface area contributed by atoms with E-state index in [0.717, 1.165) is 32.1 Å². The Labute approximate surface area is 445 Å². The van der Waals surface area contributed by atoms with Gasteiger partial charge in [-0.15, -0.1) is 0 Å². The lowest BCUT2D eigenvalue weighted by atomic mass is 9.77. The summed E-state index contributed by atoms with van der Waals surface area (Å²) in [7, 11) is 5.24. The zero-order valence-corrected chi connectivity index (χ0v) is 47.7. The number of hydrogen-bond acceptors (Lipinski definition) is 14. The highest BCUT2D eigenvalue weighted by Crippen LogP contribution is 2.40. The number of amides is 1. The number of carbonyl (C=O) groups excluding carboxylic acids is 2. The normalized spacial score (nSPS) is 38.8. The van der Waals surface area contributed by atoms with Crippen LogP contribution in [0.25, 0.3) is 0 Å². The Morgan fingerprint density at radius 2 is 1.31 bits per heavy atom. The molecule has 0 aromatic carbocycles. The number of likely N-dealkylation sites (N-methyl/N-ethyl adjacent to an activating group) is 1. The Morgan fingerprint density at radius 3 is 1.82 bits per heavy atom. The van der Waals surface area contributed by atoms with Gasteiger partial charge < -0.3 is 63.8 Å². The van der Waals surface area contributed by atoms with E-state index >= 15 is 0 Å². The number of hydrogen-bond donors (Lipinski definition) is 5. The number of carbonyl (C=O) groups is 2. The highest BCUT2D eigenvalue weighted by atomic mass is 16.7. The number of nitrogens with zero attached hydrogens (tertiary/aromatic N) is 2. The Balaban J connectivity index is 1.93. The van der Waals surface area contributed by atoms with Gasteiger partial charge in [0.2, 0.25) is 5.91 Å². The molecule has 424 valence electrons. The summed E-state index contributed by atoms with van der Waals surface area (Å²) in [6, 6.07) is -1.28. The largest absolute Gasteiger partial charge is 0.459 e. The van der Waals surface area contributed by atoms with Gasteiger partial charge in [0.15, 0.2) is 12.6 Å². The lowest BCUT2D eigenvalue weighted by molar-refractivity contribution is -0.318. The minimum atomic E-state index is -2.02. The van der Waals surface area contributed by atoms with Crippen LogP contribution in [0.4, 0.5) is 0 Å². The van der Waals surface area contributed by atoms with Crippen LogP contribution in [0.15, 0.2) is 72.9 Å². The number of aliphatic hydroxyl groups is 5. The minimum absolute atomic E-state index is 0.0572. The van der Waals surface area contributed by atoms with Crippen molar-refractivity contribution in [3.05, 3.63) is 72.9 Å². The standard InChI is InChI=1S/C59H100N2O13/c1-15-17-18-19-20-21-22-23-24-25-26-27-28-29-30-31-32-33-34-35-48(62)61-39-40(3)37-57(9,67)54(74-56-50(63)46(60(12)13)36-41(4)70-56)42(5)51(73-49-38-58(10,69-14)53(65)45(8)71-49)43(6)55(66)72-47(16-2)59(11,68)52(64)44(61)7/h17-18,20-21,23-24,26-27,29-30,32-33,40-47,49-54,56,63-65,67-68H,15-16,19,22,25,28,31,34-39H2,1-14H3/b18-17-,21-20-,24-23-,27-26-,30-29-,33-32-/t40-,41-,42+,43+,44-,45+,46+,47-,49+,50-,51+,52-,53+,54-,56+,57-,58-,59-/m1/s1. The first-order valence-electron chi connectivity index (χ1n) is 27.6. The van der Waals surface area contributed by atoms with Crippen molar-refractivity contribution >= 4 is 11.9 Å². The van der Waals surface area contributed by atoms with Crippen LogP contribution in [0, 0.1) is 17.8 Å². The van der Waals surface area contributed by atoms with E-state index in [0.29, 0.717) is 19.3 Å². The number of esters is 1. The molecule has 3 aliphatic rings. The molecule has 3 rings (SSSR count). The highest BCUT2D eigenvalue weighted by molar-refractivity contribution is 5.77. The molecule has 3 heterocycles. The van der Waals surface area contributed by atoms with Gasteiger partial charge in [0.05, 0.1) is 47.6 Å². The maximum absolute atomic E-state index is 14.6. The lowest BCUT2D eigenvalue weighted by Crippen LogP contribution is -2.60. The second-order valence-electron chi connectivity index (χ2n) is 22.2. The molecule has 3 saturated heterocycles. The fraction of sp³-hybridized carbons (Fsp3) is 0.763. The van der Waals surface area contributed by atoms with E-state index in [9.17, 15) is 35.1 Å². The van der Waals surface area contributed by atoms with Crippen molar-refractivity contribution in [2.75, 3.05) is 27.7 Å². The molecule has 18 atom stereocenters. The maximum atomic E-state index is 14.6. The van der Waals surface area contributed by atoms with E-state index < -0.39 is 102 Å². The fourth-order valence-electron chi connectivity index (χ4n) is 10.8. The Bertz CT molecular complexity index is 1850. The van der Waals surface area contributed by atoms with Gasteiger partial charge in [-0.3, -0.25) is 9.59 Å². The molecule has 0 spiro atoms. The van der Waals surface area contributed by atoms with Gasteiger partial charge in [-0.1, -0.05) is 101 Å². The second-order valence-corrected chi connectivity index (χ2v) is 22.2. The highest BCUT2D eigenvalue weighted by Gasteiger charge is 2.53. The van der Waals surface area contributed by atoms with Gasteiger partial charge in [0, 0.05) is 38.5 Å². The van der Waals surface area contributed by atoms with Crippen molar-refractivity contribution in [1.29, 1.82) is 0 Å². The molecule has 0 bridgehead atoms. The van der Waals surface area contributed by atoms with Crippen molar-refractivity contribution in [1.82, 2.24) is 9.80 Å². The van der Waals surface area contributed by atoms with Gasteiger partial charge >= 0.3 is 5.97 Å². The molecule has 0 aromatic rings. The molecule has 0 saturated carbocycles. The third-order valence-corrected chi connectivity index (χ3v) is 15.4. The number of methoxy groups -OCH3 is 1. The molecule has 3 fully saturated rings. The zero-order chi connectivity index (χ0) is 55.4. The molecule has 15 nitrogen and oxygen atoms in total. The predicted octanol–water partition coefficient (Wildman–Crippen LogP) is 8.28. The van der Waals surface area contributed by atoms with Crippen LogP contribution in [0.2, 0.25) is 0 Å². The van der Waals surface area contributed by atoms with Crippen molar-refractivity contribution in [2.24, 2.45) is 17.8 Å². The van der Waals surface area contributed by atoms with Gasteiger partial charge in [-0.25, -0.2) is 0 Å². The Morgan fingerprint density at radius 1 is 0.770 bits per heavy atom. The summed E-state index contributed by atoms with van der Waals surface area (Å²) in [5, 5.41) is 60.0. The summed E-state index contributed by atoms with van der Waals surface area (Å²) in [5.41, 5.74) is -4.81. The first-order chi connectivity index (χ1) is 34.9. The van der Waals surface area contributed by atoms with Gasteiger partial charge in [-0.2, -0.15) is 0 Å². The lowest BCUT2D eigenvalue weighted by Gasteiger charge is -2.48. The van der Waals surface area contributed by atoms with Crippen molar-refractivity contribution in [3.8, 4) is 0 Å². The average molecular weight is 1050 g/mol. The molecule has 5 N–H and O–H groups in total. The average Bonchev–Trinajstić information content (AvgIpc) is 3.34. The Kier molecular flexibility index (Phi) is 27.6. The van der Waals surface area contributed by atoms with Gasteiger partial charge in [-0.05, 0) is 133 Å². The van der Waals surface area contributed by atoms with Gasteiger partial charge in [0.1, 0.15) is 30.0 Å². The monoisotopic (exact) mass is 1040 g/mol. The topological polar surface area (TPSA) is 197 Å². The predicted molar refractivity (Wildman–Crippen MR) is 291 cm³/mol. The maximum Gasteiger partial charge on any atom is 0.311 e. The van der Waals surface area contributed by atoms with E-state index in [1.54, 1.807) is 53.4 Å². The van der Waals surface area contributed by atoms with E-state index in [-0.39, 0.29) is 50.3 Å². The number of rotatable bonds is 21. The van der Waals surface area contributed by atoms with E-state index in [1.165, 1.54) is 14.0 Å². The summed E-state index contributed by atoms with van der Waals surface area (Å²) in [4.78, 5) is 32.4. The SMILES string of the molecule is CC/C=C\C/C=C\C/C=C\C/C=C\C/C=C\C/C=C\CCC(=O)N1C[C@H](C)C[C@@](C)(O)[C@H](O[C@@H]2O[C@H](C)C[C@H](N(C)C)[C@H]2O)[C@@H](C)[C@H](O[C@H]2C[C@@](C)(OC)[C@@H](O)[C@H](C)O2)[C@H](C)C(=O)O[C@H](CC)[C@@](C)(O)[C@H](O)[C@H]1C. The quantitative estimate of drug-likeness (QED) is 0.0544. The summed E-state index contributed by atoms with van der Waals surface area (Å²) >= 11 is 0. The first-order valence-corrected chi connectivity index (χ1v) is 27.6. The van der Waals surface area contributed by atoms with Crippen molar-refractivity contribution < 1.29 is 63.5 Å². The molecule has 0 unspecified atom stereocenters. The number of cyclic esters (lactones) is 1. The van der Waals surface area contributed by atoms with Gasteiger partial charge in [0.25, 0.3) is 0 Å². The molecular weight excluding hydrogens is 945 g/mol. The molecule has 74 heavy (non-hydrogen) atoms. The van der Waals surface area contributed by atoms with Crippen LogP contribution in [0.3, 0.4) is 0 Å². The summed E-state index contributed by atoms with van der Waals surface area (Å²) in [5.74, 6) is -3.37. The van der Waals surface area contributed by atoms with Crippen LogP contribution in [0.1, 0.15) is 153 Å². The van der Waals surface area contributed by atoms with Crippen molar-refractivity contribution in [3.63, 3.8) is 0 Å². The summed E-state index contributed by atoms with van der Waals surface area (Å²) < 4.78 is 38.1. The third-order valence-electron chi connectivity index (χ3n) is 15.4. The summed E-state index contributed by atoms with van der Waals surface area (Å²) in [6.45, 7) is 19.4. The molecule has 3 aliphatic heterocycles. The number of ether oxygens (including phenoxy) is 6. The smallest absolute Gasteiger partial charge is 0.311 e. The number of aliphatic hydroxyl groups excluding tert-OH is 3. The van der Waals surface area contributed by atoms with Crippen LogP contribution in [0.5, 0.6) is 0 Å². The fourth-order valence-corrected chi connectivity index (χ4v) is 10.8. The van der Waals surface area contributed by atoms with Crippen LogP contribution in [-0.2, 0) is 38.0 Å². The molecule has 15 heteroatoms. The van der Waals surface area contributed by atoms with Crippen LogP contribution < -0.4 is 0 Å². The van der Waals surface area contributed by atoms with E-state index in [2.05, 4.69) is 67.7 Å². The molecule has 1 amide bonds. The van der Waals surface area contributed by atoms with Crippen LogP contribution in [-0.4, -0.2) is 165 Å². The molecule has 0 radical (unpaired) electrons. The first kappa shape index (κ1) is 65.2. The molecule has 0 aromatic heterocycles. The van der Waals surface area contributed by atoms with E-state index in [4.69, 9.17) is 28.4 Å². The second kappa shape index (κ2) is 31.4.